The second-order valence-electron chi connectivity index (χ2n) is 7.47. The van der Waals surface area contributed by atoms with Crippen molar-refractivity contribution in [2.45, 2.75) is 26.9 Å². The monoisotopic (exact) mass is 496 g/mol. The van der Waals surface area contributed by atoms with Crippen molar-refractivity contribution in [1.82, 2.24) is 5.43 Å². The third kappa shape index (κ3) is 7.65. The van der Waals surface area contributed by atoms with Gasteiger partial charge >= 0.3 is 0 Å². The maximum Gasteiger partial charge on any atom is 0.271 e. The molecule has 0 aliphatic rings. The lowest BCUT2D eigenvalue weighted by Gasteiger charge is -2.13. The minimum atomic E-state index is -0.366. The molecule has 3 aromatic carbocycles. The molecule has 1 N–H and O–H groups in total. The molecule has 35 heavy (non-hydrogen) atoms. The number of nitrogens with one attached hydrogen (secondary N) is 1. The standard InChI is InChI=1S/C27H29ClN2O5/c1-4-14-34-23-13-9-21(16-25(23)32-3)27(31)30-29-17-20-8-12-24(26(15-20)33-5-2)35-18-19-6-10-22(28)11-7-19/h6-13,15-17H,4-5,14,18H2,1-3H3,(H,30,31)/b29-17+. The Hall–Kier alpha value is -3.71. The van der Waals surface area contributed by atoms with E-state index in [1.54, 1.807) is 30.5 Å². The van der Waals surface area contributed by atoms with Crippen molar-refractivity contribution in [2.75, 3.05) is 20.3 Å². The fourth-order valence-electron chi connectivity index (χ4n) is 3.10. The summed E-state index contributed by atoms with van der Waals surface area (Å²) in [5, 5.41) is 4.75. The van der Waals surface area contributed by atoms with Crippen LogP contribution in [0.2, 0.25) is 5.02 Å². The van der Waals surface area contributed by atoms with Gasteiger partial charge in [0.15, 0.2) is 23.0 Å². The van der Waals surface area contributed by atoms with E-state index >= 15 is 0 Å². The van der Waals surface area contributed by atoms with Crippen molar-refractivity contribution < 1.29 is 23.7 Å². The fraction of sp³-hybridized carbons (Fsp3) is 0.259. The van der Waals surface area contributed by atoms with E-state index in [-0.39, 0.29) is 5.91 Å². The zero-order chi connectivity index (χ0) is 25.0. The topological polar surface area (TPSA) is 78.4 Å². The van der Waals surface area contributed by atoms with Gasteiger partial charge in [0.2, 0.25) is 0 Å². The molecule has 0 aliphatic heterocycles. The average molecular weight is 497 g/mol. The molecule has 0 atom stereocenters. The van der Waals surface area contributed by atoms with E-state index in [9.17, 15) is 4.79 Å². The molecule has 3 aromatic rings. The number of benzene rings is 3. The van der Waals surface area contributed by atoms with Crippen LogP contribution in [-0.4, -0.2) is 32.4 Å². The quantitative estimate of drug-likeness (QED) is 0.250. The highest BCUT2D eigenvalue weighted by molar-refractivity contribution is 6.30. The number of hydrazone groups is 1. The minimum Gasteiger partial charge on any atom is -0.493 e. The Morgan fingerprint density at radius 3 is 2.37 bits per heavy atom. The Labute approximate surface area is 210 Å². The van der Waals surface area contributed by atoms with Crippen LogP contribution in [0.4, 0.5) is 0 Å². The van der Waals surface area contributed by atoms with Gasteiger partial charge in [-0.25, -0.2) is 5.43 Å². The molecule has 1 amide bonds. The molecule has 0 aromatic heterocycles. The van der Waals surface area contributed by atoms with E-state index in [0.717, 1.165) is 17.5 Å². The van der Waals surface area contributed by atoms with Crippen LogP contribution in [0, 0.1) is 0 Å². The first-order valence-electron chi connectivity index (χ1n) is 11.3. The highest BCUT2D eigenvalue weighted by atomic mass is 35.5. The molecular formula is C27H29ClN2O5. The van der Waals surface area contributed by atoms with Crippen LogP contribution in [0.5, 0.6) is 23.0 Å². The van der Waals surface area contributed by atoms with Crippen LogP contribution in [0.3, 0.4) is 0 Å². The lowest BCUT2D eigenvalue weighted by molar-refractivity contribution is 0.0954. The predicted octanol–water partition coefficient (Wildman–Crippen LogP) is 5.88. The summed E-state index contributed by atoms with van der Waals surface area (Å²) in [5.74, 6) is 1.92. The largest absolute Gasteiger partial charge is 0.493 e. The Balaban J connectivity index is 1.64. The summed E-state index contributed by atoms with van der Waals surface area (Å²) < 4.78 is 22.6. The van der Waals surface area contributed by atoms with E-state index in [0.29, 0.717) is 53.4 Å². The normalized spacial score (nSPS) is 10.7. The SMILES string of the molecule is CCCOc1ccc(C(=O)N/N=C/c2ccc(OCc3ccc(Cl)cc3)c(OCC)c2)cc1OC. The molecule has 0 saturated carbocycles. The van der Waals surface area contributed by atoms with E-state index in [4.69, 9.17) is 30.5 Å². The molecule has 0 saturated heterocycles. The van der Waals surface area contributed by atoms with Crippen LogP contribution in [0.15, 0.2) is 65.8 Å². The second-order valence-corrected chi connectivity index (χ2v) is 7.90. The molecule has 0 fully saturated rings. The zero-order valence-electron chi connectivity index (χ0n) is 20.0. The minimum absolute atomic E-state index is 0.366. The number of carbonyl (C=O) groups excluding carboxylic acids is 1. The van der Waals surface area contributed by atoms with Gasteiger partial charge in [-0.15, -0.1) is 0 Å². The van der Waals surface area contributed by atoms with E-state index in [2.05, 4.69) is 10.5 Å². The number of nitrogens with zero attached hydrogens (tertiary/aromatic N) is 1. The molecule has 0 bridgehead atoms. The lowest BCUT2D eigenvalue weighted by Crippen LogP contribution is -2.17. The fourth-order valence-corrected chi connectivity index (χ4v) is 3.23. The van der Waals surface area contributed by atoms with Gasteiger partial charge in [0, 0.05) is 10.6 Å². The number of amides is 1. The molecule has 8 heteroatoms. The van der Waals surface area contributed by atoms with Gasteiger partial charge in [0.05, 0.1) is 26.5 Å². The van der Waals surface area contributed by atoms with Crippen molar-refractivity contribution in [3.63, 3.8) is 0 Å². The molecular weight excluding hydrogens is 468 g/mol. The first kappa shape index (κ1) is 25.9. The van der Waals surface area contributed by atoms with Crippen molar-refractivity contribution in [3.8, 4) is 23.0 Å². The number of methoxy groups -OCH3 is 1. The highest BCUT2D eigenvalue weighted by Gasteiger charge is 2.11. The molecule has 0 spiro atoms. The Morgan fingerprint density at radius 2 is 1.66 bits per heavy atom. The summed E-state index contributed by atoms with van der Waals surface area (Å²) in [6.07, 6.45) is 2.42. The maximum absolute atomic E-state index is 12.5. The average Bonchev–Trinajstić information content (AvgIpc) is 2.88. The molecule has 0 heterocycles. The van der Waals surface area contributed by atoms with Crippen LogP contribution in [-0.2, 0) is 6.61 Å². The third-order valence-corrected chi connectivity index (χ3v) is 5.09. The summed E-state index contributed by atoms with van der Waals surface area (Å²) in [6, 6.07) is 17.9. The maximum atomic E-state index is 12.5. The number of halogens is 1. The van der Waals surface area contributed by atoms with Gasteiger partial charge in [-0.1, -0.05) is 30.7 Å². The smallest absolute Gasteiger partial charge is 0.271 e. The van der Waals surface area contributed by atoms with Gasteiger partial charge in [0.1, 0.15) is 6.61 Å². The number of carbonyl (C=O) groups is 1. The van der Waals surface area contributed by atoms with E-state index in [1.807, 2.05) is 50.2 Å². The molecule has 7 nitrogen and oxygen atoms in total. The molecule has 0 aliphatic carbocycles. The summed E-state index contributed by atoms with van der Waals surface area (Å²) in [5.41, 5.74) is 4.67. The summed E-state index contributed by atoms with van der Waals surface area (Å²) in [6.45, 7) is 5.35. The molecule has 0 unspecified atom stereocenters. The molecule has 0 radical (unpaired) electrons. The summed E-state index contributed by atoms with van der Waals surface area (Å²) >= 11 is 5.94. The van der Waals surface area contributed by atoms with Gasteiger partial charge < -0.3 is 18.9 Å². The second kappa shape index (κ2) is 13.2. The number of hydrogen-bond donors (Lipinski definition) is 1. The predicted molar refractivity (Wildman–Crippen MR) is 137 cm³/mol. The van der Waals surface area contributed by atoms with E-state index in [1.165, 1.54) is 7.11 Å². The number of ether oxygens (including phenoxy) is 4. The van der Waals surface area contributed by atoms with Crippen LogP contribution >= 0.6 is 11.6 Å². The van der Waals surface area contributed by atoms with Gasteiger partial charge in [-0.2, -0.15) is 5.10 Å². The van der Waals surface area contributed by atoms with Crippen LogP contribution in [0.25, 0.3) is 0 Å². The van der Waals surface area contributed by atoms with Gasteiger partial charge in [-0.05, 0) is 73.0 Å². The van der Waals surface area contributed by atoms with Gasteiger partial charge in [-0.3, -0.25) is 4.79 Å². The number of hydrogen-bond acceptors (Lipinski definition) is 6. The Morgan fingerprint density at radius 1 is 0.914 bits per heavy atom. The Kier molecular flexibility index (Phi) is 9.80. The summed E-state index contributed by atoms with van der Waals surface area (Å²) in [4.78, 5) is 12.5. The Bertz CT molecular complexity index is 1150. The summed E-state index contributed by atoms with van der Waals surface area (Å²) in [7, 11) is 1.53. The third-order valence-electron chi connectivity index (χ3n) is 4.84. The van der Waals surface area contributed by atoms with Crippen LogP contribution in [0.1, 0.15) is 41.8 Å². The van der Waals surface area contributed by atoms with E-state index < -0.39 is 0 Å². The van der Waals surface area contributed by atoms with Gasteiger partial charge in [0.25, 0.3) is 5.91 Å². The molecule has 184 valence electrons. The van der Waals surface area contributed by atoms with Crippen molar-refractivity contribution in [2.24, 2.45) is 5.10 Å². The highest BCUT2D eigenvalue weighted by Crippen LogP contribution is 2.30. The first-order valence-corrected chi connectivity index (χ1v) is 11.7. The van der Waals surface area contributed by atoms with Crippen molar-refractivity contribution in [1.29, 1.82) is 0 Å². The first-order chi connectivity index (χ1) is 17.0. The molecule has 3 rings (SSSR count). The van der Waals surface area contributed by atoms with Crippen molar-refractivity contribution in [3.05, 3.63) is 82.4 Å². The van der Waals surface area contributed by atoms with Crippen molar-refractivity contribution >= 4 is 23.7 Å². The van der Waals surface area contributed by atoms with Crippen LogP contribution < -0.4 is 24.4 Å². The number of rotatable bonds is 12. The zero-order valence-corrected chi connectivity index (χ0v) is 20.8. The lowest BCUT2D eigenvalue weighted by atomic mass is 10.2.